The van der Waals surface area contributed by atoms with Crippen molar-refractivity contribution in [2.75, 3.05) is 7.11 Å². The van der Waals surface area contributed by atoms with E-state index >= 15 is 0 Å². The van der Waals surface area contributed by atoms with Gasteiger partial charge in [0.2, 0.25) is 0 Å². The van der Waals surface area contributed by atoms with E-state index in [1.165, 1.54) is 0 Å². The predicted octanol–water partition coefficient (Wildman–Crippen LogP) is 2.30. The van der Waals surface area contributed by atoms with Crippen LogP contribution in [0.15, 0.2) is 33.6 Å². The fraction of sp³-hybridized carbons (Fsp3) is 0.222. The topological polar surface area (TPSA) is 40.2 Å². The molecule has 0 amide bonds. The molecule has 0 radical (unpaired) electrons. The van der Waals surface area contributed by atoms with Gasteiger partial charge in [-0.2, -0.15) is 5.10 Å². The predicted molar refractivity (Wildman–Crippen MR) is 54.3 cm³/mol. The van der Waals surface area contributed by atoms with E-state index < -0.39 is 0 Å². The van der Waals surface area contributed by atoms with Gasteiger partial charge in [-0.25, -0.2) is 0 Å². The molecule has 2 aromatic rings. The lowest BCUT2D eigenvalue weighted by molar-refractivity contribution is 0.413. The molecule has 0 saturated heterocycles. The number of methoxy groups -OCH3 is 1. The summed E-state index contributed by atoms with van der Waals surface area (Å²) in [4.78, 5) is 0. The molecule has 0 spiro atoms. The number of aromatic nitrogens is 2. The minimum absolute atomic E-state index is 0.606. The molecule has 5 heteroatoms. The van der Waals surface area contributed by atoms with Crippen molar-refractivity contribution in [3.05, 3.63) is 35.0 Å². The normalized spacial score (nSPS) is 10.4. The molecule has 2 aromatic heterocycles. The van der Waals surface area contributed by atoms with Gasteiger partial charge in [0.05, 0.1) is 26.0 Å². The number of halogens is 1. The highest BCUT2D eigenvalue weighted by Crippen LogP contribution is 2.15. The van der Waals surface area contributed by atoms with Crippen LogP contribution < -0.4 is 4.74 Å². The second kappa shape index (κ2) is 3.88. The molecule has 0 fully saturated rings. The quantitative estimate of drug-likeness (QED) is 0.846. The van der Waals surface area contributed by atoms with Gasteiger partial charge in [0.15, 0.2) is 10.4 Å². The summed E-state index contributed by atoms with van der Waals surface area (Å²) in [6, 6.07) is 3.76. The second-order valence-electron chi connectivity index (χ2n) is 2.78. The van der Waals surface area contributed by atoms with Gasteiger partial charge in [0, 0.05) is 0 Å². The largest absolute Gasteiger partial charge is 0.493 e. The minimum atomic E-state index is 0.606. The Bertz CT molecular complexity index is 422. The van der Waals surface area contributed by atoms with Gasteiger partial charge in [0.25, 0.3) is 0 Å². The van der Waals surface area contributed by atoms with Gasteiger partial charge >= 0.3 is 0 Å². The zero-order valence-electron chi connectivity index (χ0n) is 7.61. The summed E-state index contributed by atoms with van der Waals surface area (Å²) in [5, 5.41) is 4.11. The molecule has 14 heavy (non-hydrogen) atoms. The van der Waals surface area contributed by atoms with E-state index in [0.717, 1.165) is 16.2 Å². The Morgan fingerprint density at radius 3 is 3.00 bits per heavy atom. The first-order valence-corrected chi connectivity index (χ1v) is 4.88. The van der Waals surface area contributed by atoms with Crippen LogP contribution in [-0.2, 0) is 6.54 Å². The van der Waals surface area contributed by atoms with Gasteiger partial charge in [-0.3, -0.25) is 4.68 Å². The van der Waals surface area contributed by atoms with E-state index in [9.17, 15) is 0 Å². The van der Waals surface area contributed by atoms with E-state index in [0.29, 0.717) is 6.54 Å². The van der Waals surface area contributed by atoms with E-state index in [2.05, 4.69) is 21.0 Å². The fourth-order valence-electron chi connectivity index (χ4n) is 1.13. The monoisotopic (exact) mass is 256 g/mol. The Labute approximate surface area is 89.6 Å². The van der Waals surface area contributed by atoms with Crippen LogP contribution in [0.2, 0.25) is 0 Å². The third-order valence-electron chi connectivity index (χ3n) is 1.79. The average Bonchev–Trinajstić information content (AvgIpc) is 2.76. The number of nitrogens with zero attached hydrogens (tertiary/aromatic N) is 2. The lowest BCUT2D eigenvalue weighted by Gasteiger charge is -1.96. The Morgan fingerprint density at radius 1 is 1.57 bits per heavy atom. The van der Waals surface area contributed by atoms with Crippen LogP contribution in [0.3, 0.4) is 0 Å². The molecule has 0 aromatic carbocycles. The first kappa shape index (κ1) is 9.33. The second-order valence-corrected chi connectivity index (χ2v) is 3.57. The van der Waals surface area contributed by atoms with Crippen LogP contribution in [0.1, 0.15) is 5.76 Å². The molecule has 0 bridgehead atoms. The molecule has 0 aliphatic heterocycles. The van der Waals surface area contributed by atoms with E-state index in [1.54, 1.807) is 18.0 Å². The molecule has 4 nitrogen and oxygen atoms in total. The van der Waals surface area contributed by atoms with Crippen molar-refractivity contribution in [3.8, 4) is 5.75 Å². The maximum atomic E-state index is 5.35. The van der Waals surface area contributed by atoms with Crippen molar-refractivity contribution in [1.82, 2.24) is 9.78 Å². The number of furan rings is 1. The lowest BCUT2D eigenvalue weighted by atomic mass is 10.4. The molecular weight excluding hydrogens is 248 g/mol. The van der Waals surface area contributed by atoms with Gasteiger partial charge in [-0.1, -0.05) is 0 Å². The average molecular weight is 257 g/mol. The summed E-state index contributed by atoms with van der Waals surface area (Å²) in [6.07, 6.45) is 3.48. The maximum absolute atomic E-state index is 5.35. The van der Waals surface area contributed by atoms with Crippen LogP contribution in [-0.4, -0.2) is 16.9 Å². The van der Waals surface area contributed by atoms with Gasteiger partial charge in [-0.15, -0.1) is 0 Å². The maximum Gasteiger partial charge on any atom is 0.169 e. The van der Waals surface area contributed by atoms with Gasteiger partial charge in [-0.05, 0) is 28.1 Å². The zero-order valence-corrected chi connectivity index (χ0v) is 9.19. The Balaban J connectivity index is 2.10. The van der Waals surface area contributed by atoms with Crippen LogP contribution in [0.4, 0.5) is 0 Å². The first-order chi connectivity index (χ1) is 6.78. The SMILES string of the molecule is COc1cnn(Cc2ccc(Br)o2)c1. The van der Waals surface area contributed by atoms with E-state index in [4.69, 9.17) is 9.15 Å². The van der Waals surface area contributed by atoms with Crippen molar-refractivity contribution in [2.45, 2.75) is 6.54 Å². The standard InChI is InChI=1S/C9H9BrN2O2/c1-13-8-4-11-12(6-8)5-7-2-3-9(10)14-7/h2-4,6H,5H2,1H3. The van der Waals surface area contributed by atoms with Crippen molar-refractivity contribution in [1.29, 1.82) is 0 Å². The van der Waals surface area contributed by atoms with Crippen LogP contribution >= 0.6 is 15.9 Å². The molecule has 0 aliphatic carbocycles. The van der Waals surface area contributed by atoms with Gasteiger partial charge in [0.1, 0.15) is 5.76 Å². The van der Waals surface area contributed by atoms with Crippen LogP contribution in [0.5, 0.6) is 5.75 Å². The Morgan fingerprint density at radius 2 is 2.43 bits per heavy atom. The molecule has 0 N–H and O–H groups in total. The summed E-state index contributed by atoms with van der Waals surface area (Å²) in [5.74, 6) is 1.60. The van der Waals surface area contributed by atoms with Crippen molar-refractivity contribution in [2.24, 2.45) is 0 Å². The summed E-state index contributed by atoms with van der Waals surface area (Å²) in [7, 11) is 1.62. The summed E-state index contributed by atoms with van der Waals surface area (Å²) in [6.45, 7) is 0.606. The highest BCUT2D eigenvalue weighted by Gasteiger charge is 2.02. The number of hydrogen-bond acceptors (Lipinski definition) is 3. The minimum Gasteiger partial charge on any atom is -0.493 e. The Hall–Kier alpha value is -1.23. The number of hydrogen-bond donors (Lipinski definition) is 0. The third kappa shape index (κ3) is 1.98. The van der Waals surface area contributed by atoms with Gasteiger partial charge < -0.3 is 9.15 Å². The highest BCUT2D eigenvalue weighted by atomic mass is 79.9. The van der Waals surface area contributed by atoms with Crippen LogP contribution in [0.25, 0.3) is 0 Å². The molecule has 0 unspecified atom stereocenters. The molecule has 0 atom stereocenters. The molecule has 0 aliphatic rings. The first-order valence-electron chi connectivity index (χ1n) is 4.08. The third-order valence-corrected chi connectivity index (χ3v) is 2.22. The summed E-state index contributed by atoms with van der Waals surface area (Å²) >= 11 is 3.24. The molecular formula is C9H9BrN2O2. The van der Waals surface area contributed by atoms with Crippen LogP contribution in [0, 0.1) is 0 Å². The molecule has 0 saturated carbocycles. The van der Waals surface area contributed by atoms with E-state index in [1.807, 2.05) is 18.3 Å². The Kier molecular flexibility index (Phi) is 2.58. The number of ether oxygens (including phenoxy) is 1. The molecule has 2 rings (SSSR count). The smallest absolute Gasteiger partial charge is 0.169 e. The van der Waals surface area contributed by atoms with E-state index in [-0.39, 0.29) is 0 Å². The summed E-state index contributed by atoms with van der Waals surface area (Å²) in [5.41, 5.74) is 0. The van der Waals surface area contributed by atoms with Crippen molar-refractivity contribution in [3.63, 3.8) is 0 Å². The fourth-order valence-corrected chi connectivity index (χ4v) is 1.47. The molecule has 2 heterocycles. The lowest BCUT2D eigenvalue weighted by Crippen LogP contribution is -1.97. The highest BCUT2D eigenvalue weighted by molar-refractivity contribution is 9.10. The van der Waals surface area contributed by atoms with Crippen molar-refractivity contribution >= 4 is 15.9 Å². The number of rotatable bonds is 3. The summed E-state index contributed by atoms with van der Waals surface area (Å²) < 4.78 is 12.8. The molecule has 74 valence electrons. The zero-order chi connectivity index (χ0) is 9.97. The van der Waals surface area contributed by atoms with Crippen molar-refractivity contribution < 1.29 is 9.15 Å².